The van der Waals surface area contributed by atoms with E-state index in [1.807, 2.05) is 0 Å². The largest absolute Gasteiger partial charge is 0.455 e. The molecule has 0 atom stereocenters. The average molecular weight is 703 g/mol. The van der Waals surface area contributed by atoms with Crippen molar-refractivity contribution in [1.29, 1.82) is 0 Å². The third-order valence-corrected chi connectivity index (χ3v) is 13.2. The summed E-state index contributed by atoms with van der Waals surface area (Å²) >= 11 is 0. The Hall–Kier alpha value is -6.44. The molecule has 9 aromatic carbocycles. The Labute approximate surface area is 320 Å². The van der Waals surface area contributed by atoms with Gasteiger partial charge in [0.25, 0.3) is 0 Å². The quantitative estimate of drug-likeness (QED) is 0.163. The van der Waals surface area contributed by atoms with E-state index in [-0.39, 0.29) is 10.8 Å². The van der Waals surface area contributed by atoms with E-state index in [0.717, 1.165) is 16.6 Å². The van der Waals surface area contributed by atoms with E-state index < -0.39 is 0 Å². The second-order valence-corrected chi connectivity index (χ2v) is 16.8. The van der Waals surface area contributed by atoms with Crippen LogP contribution in [-0.4, -0.2) is 0 Å². The summed E-state index contributed by atoms with van der Waals surface area (Å²) < 4.78 is 7.05. The van der Waals surface area contributed by atoms with Crippen LogP contribution in [0.3, 0.4) is 0 Å². The fourth-order valence-corrected chi connectivity index (χ4v) is 10.8. The number of rotatable bonds is 2. The van der Waals surface area contributed by atoms with Gasteiger partial charge in [-0.1, -0.05) is 167 Å². The molecule has 2 aliphatic rings. The summed E-state index contributed by atoms with van der Waals surface area (Å²) in [6.07, 6.45) is 0. The maximum atomic E-state index is 7.05. The van der Waals surface area contributed by atoms with Crippen LogP contribution in [0.15, 0.2) is 162 Å². The van der Waals surface area contributed by atoms with E-state index in [2.05, 4.69) is 185 Å². The van der Waals surface area contributed by atoms with Crippen molar-refractivity contribution in [2.24, 2.45) is 0 Å². The molecule has 0 saturated heterocycles. The van der Waals surface area contributed by atoms with Crippen LogP contribution in [0.5, 0.6) is 0 Å². The van der Waals surface area contributed by atoms with E-state index in [4.69, 9.17) is 4.42 Å². The van der Waals surface area contributed by atoms with Gasteiger partial charge in [0.2, 0.25) is 0 Å². The number of hydrogen-bond donors (Lipinski definition) is 0. The Morgan fingerprint density at radius 2 is 0.945 bits per heavy atom. The maximum absolute atomic E-state index is 7.05. The molecule has 0 unspecified atom stereocenters. The summed E-state index contributed by atoms with van der Waals surface area (Å²) in [6.45, 7) is 9.51. The minimum absolute atomic E-state index is 0.0372. The maximum Gasteiger partial charge on any atom is 0.143 e. The smallest absolute Gasteiger partial charge is 0.143 e. The lowest BCUT2D eigenvalue weighted by molar-refractivity contribution is 0.658. The SMILES string of the molecule is CC1(C)c2ccccc2-c2cc(-c3c4ccccc4c(-c4cc5oc6c7ccccc7ccc6c5c5c4-c4ccccc4C5(C)C)c4ccccc34)ccc21. The van der Waals surface area contributed by atoms with Crippen molar-refractivity contribution in [2.45, 2.75) is 38.5 Å². The van der Waals surface area contributed by atoms with Crippen molar-refractivity contribution in [1.82, 2.24) is 0 Å². The third kappa shape index (κ3) is 3.93. The van der Waals surface area contributed by atoms with Gasteiger partial charge < -0.3 is 4.42 Å². The van der Waals surface area contributed by atoms with Crippen LogP contribution >= 0.6 is 0 Å². The van der Waals surface area contributed by atoms with Gasteiger partial charge in [-0.15, -0.1) is 0 Å². The first-order valence-electron chi connectivity index (χ1n) is 19.5. The van der Waals surface area contributed by atoms with Gasteiger partial charge in [-0.25, -0.2) is 0 Å². The van der Waals surface area contributed by atoms with E-state index in [1.165, 1.54) is 104 Å². The van der Waals surface area contributed by atoms with Crippen molar-refractivity contribution < 1.29 is 4.42 Å². The summed E-state index contributed by atoms with van der Waals surface area (Å²) in [5.74, 6) is 0. The lowest BCUT2D eigenvalue weighted by atomic mass is 9.78. The fraction of sp³-hybridized carbons (Fsp3) is 0.111. The number of fused-ring (bicyclic) bond motifs is 14. The van der Waals surface area contributed by atoms with Gasteiger partial charge in [-0.2, -0.15) is 0 Å². The van der Waals surface area contributed by atoms with Gasteiger partial charge in [0.15, 0.2) is 0 Å². The van der Waals surface area contributed by atoms with Gasteiger partial charge in [0.05, 0.1) is 0 Å². The lowest BCUT2D eigenvalue weighted by Crippen LogP contribution is -2.15. The van der Waals surface area contributed by atoms with Crippen molar-refractivity contribution in [3.63, 3.8) is 0 Å². The first-order chi connectivity index (χ1) is 26.8. The molecule has 12 rings (SSSR count). The number of hydrogen-bond acceptors (Lipinski definition) is 1. The molecule has 10 aromatic rings. The topological polar surface area (TPSA) is 13.1 Å². The predicted molar refractivity (Wildman–Crippen MR) is 232 cm³/mol. The minimum Gasteiger partial charge on any atom is -0.455 e. The summed E-state index contributed by atoms with van der Waals surface area (Å²) in [6, 6.07) is 58.8. The molecule has 0 aliphatic heterocycles. The summed E-state index contributed by atoms with van der Waals surface area (Å²) in [5.41, 5.74) is 17.5. The van der Waals surface area contributed by atoms with Gasteiger partial charge in [-0.3, -0.25) is 0 Å². The molecule has 1 aromatic heterocycles. The number of furan rings is 1. The molecule has 0 spiro atoms. The van der Waals surface area contributed by atoms with Crippen molar-refractivity contribution in [3.8, 4) is 44.5 Å². The van der Waals surface area contributed by atoms with Gasteiger partial charge in [0, 0.05) is 27.0 Å². The second-order valence-electron chi connectivity index (χ2n) is 16.8. The summed E-state index contributed by atoms with van der Waals surface area (Å²) in [4.78, 5) is 0. The first-order valence-corrected chi connectivity index (χ1v) is 19.5. The highest BCUT2D eigenvalue weighted by atomic mass is 16.3. The van der Waals surface area contributed by atoms with E-state index >= 15 is 0 Å². The molecular formula is C54H38O. The van der Waals surface area contributed by atoms with Crippen LogP contribution in [-0.2, 0) is 10.8 Å². The molecule has 0 radical (unpaired) electrons. The van der Waals surface area contributed by atoms with Crippen molar-refractivity contribution in [3.05, 3.63) is 180 Å². The van der Waals surface area contributed by atoms with Gasteiger partial charge in [-0.05, 0) is 112 Å². The van der Waals surface area contributed by atoms with Crippen LogP contribution in [0.4, 0.5) is 0 Å². The molecule has 0 fully saturated rings. The van der Waals surface area contributed by atoms with Gasteiger partial charge >= 0.3 is 0 Å². The molecule has 1 heterocycles. The monoisotopic (exact) mass is 702 g/mol. The molecule has 0 N–H and O–H groups in total. The Kier molecular flexibility index (Phi) is 5.98. The van der Waals surface area contributed by atoms with Crippen LogP contribution in [0.1, 0.15) is 49.9 Å². The highest BCUT2D eigenvalue weighted by molar-refractivity contribution is 6.25. The molecule has 0 saturated carbocycles. The van der Waals surface area contributed by atoms with Crippen LogP contribution < -0.4 is 0 Å². The zero-order valence-electron chi connectivity index (χ0n) is 31.4. The van der Waals surface area contributed by atoms with E-state index in [1.54, 1.807) is 0 Å². The molecule has 0 bridgehead atoms. The molecule has 1 nitrogen and oxygen atoms in total. The second kappa shape index (κ2) is 10.6. The molecule has 260 valence electrons. The highest BCUT2D eigenvalue weighted by Gasteiger charge is 2.41. The van der Waals surface area contributed by atoms with Crippen LogP contribution in [0.25, 0.3) is 98.8 Å². The molecule has 0 amide bonds. The van der Waals surface area contributed by atoms with Crippen molar-refractivity contribution >= 4 is 54.3 Å². The highest BCUT2D eigenvalue weighted by Crippen LogP contribution is 2.59. The molecule has 55 heavy (non-hydrogen) atoms. The average Bonchev–Trinajstić information content (AvgIpc) is 3.79. The molecule has 2 aliphatic carbocycles. The summed E-state index contributed by atoms with van der Waals surface area (Å²) in [5, 5.41) is 9.79. The van der Waals surface area contributed by atoms with Gasteiger partial charge in [0.1, 0.15) is 11.2 Å². The number of benzene rings is 9. The van der Waals surface area contributed by atoms with E-state index in [0.29, 0.717) is 0 Å². The Morgan fingerprint density at radius 3 is 1.65 bits per heavy atom. The molecule has 1 heteroatoms. The Bertz CT molecular complexity index is 3260. The molecular weight excluding hydrogens is 665 g/mol. The summed E-state index contributed by atoms with van der Waals surface area (Å²) in [7, 11) is 0. The first kappa shape index (κ1) is 31.0. The third-order valence-electron chi connectivity index (χ3n) is 13.2. The Morgan fingerprint density at radius 1 is 0.382 bits per heavy atom. The van der Waals surface area contributed by atoms with Crippen LogP contribution in [0.2, 0.25) is 0 Å². The van der Waals surface area contributed by atoms with Crippen LogP contribution in [0, 0.1) is 0 Å². The Balaban J connectivity index is 1.22. The lowest BCUT2D eigenvalue weighted by Gasteiger charge is -2.24. The standard InChI is InChI=1S/C54H38O/c1-53(2)43-23-13-11-17-34(43)41-29-32(26-28-45(41)53)47-35-18-7-9-20-37(35)48(38-21-10-8-19-36(38)47)42-30-46-50(40-27-25-31-15-5-6-16-33(31)52(40)55-46)51-49(42)39-22-12-14-24-44(39)54(51,3)4/h5-30H,1-4H3. The minimum atomic E-state index is -0.233. The van der Waals surface area contributed by atoms with Crippen molar-refractivity contribution in [2.75, 3.05) is 0 Å². The predicted octanol–water partition coefficient (Wildman–Crippen LogP) is 15.0. The van der Waals surface area contributed by atoms with E-state index in [9.17, 15) is 0 Å². The zero-order valence-corrected chi connectivity index (χ0v) is 31.4. The normalized spacial score (nSPS) is 14.8. The zero-order chi connectivity index (χ0) is 36.8. The fourth-order valence-electron chi connectivity index (χ4n) is 10.8.